The predicted molar refractivity (Wildman–Crippen MR) is 126 cm³/mol. The van der Waals surface area contributed by atoms with E-state index in [1.807, 2.05) is 36.4 Å². The van der Waals surface area contributed by atoms with Crippen LogP contribution in [0.5, 0.6) is 11.5 Å². The van der Waals surface area contributed by atoms with Crippen molar-refractivity contribution in [2.45, 2.75) is 50.7 Å². The fourth-order valence-electron chi connectivity index (χ4n) is 4.55. The van der Waals surface area contributed by atoms with Gasteiger partial charge in [-0.25, -0.2) is 4.79 Å². The van der Waals surface area contributed by atoms with Gasteiger partial charge in [0.05, 0.1) is 13.0 Å². The normalized spacial score (nSPS) is 18.4. The maximum atomic E-state index is 12.2. The number of carbonyl (C=O) groups is 2. The van der Waals surface area contributed by atoms with Gasteiger partial charge in [-0.2, -0.15) is 0 Å². The molecule has 0 saturated carbocycles. The van der Waals surface area contributed by atoms with E-state index >= 15 is 0 Å². The molecule has 1 atom stereocenters. The summed E-state index contributed by atoms with van der Waals surface area (Å²) < 4.78 is 18.1. The second kappa shape index (κ2) is 10.5. The third-order valence-electron chi connectivity index (χ3n) is 6.32. The number of hydrogen-bond donors (Lipinski definition) is 1. The number of esters is 1. The van der Waals surface area contributed by atoms with E-state index in [0.29, 0.717) is 32.5 Å². The minimum Gasteiger partial charge on any atom is -0.490 e. The number of fused-ring (bicyclic) bond motifs is 1. The Hall–Kier alpha value is -2.74. The molecule has 1 fully saturated rings. The van der Waals surface area contributed by atoms with Gasteiger partial charge in [-0.3, -0.25) is 4.79 Å². The molecule has 2 aromatic carbocycles. The maximum absolute atomic E-state index is 12.2. The lowest BCUT2D eigenvalue weighted by molar-refractivity contribution is -0.142. The summed E-state index contributed by atoms with van der Waals surface area (Å²) in [5.41, 5.74) is 3.07. The fourth-order valence-corrected chi connectivity index (χ4v) is 5.00. The lowest BCUT2D eigenvalue weighted by Gasteiger charge is -2.30. The summed E-state index contributed by atoms with van der Waals surface area (Å²) in [6, 6.07) is 11.8. The van der Waals surface area contributed by atoms with E-state index in [2.05, 4.69) is 15.9 Å². The highest BCUT2D eigenvalue weighted by Gasteiger charge is 2.30. The van der Waals surface area contributed by atoms with Crippen LogP contribution in [-0.4, -0.2) is 48.4 Å². The van der Waals surface area contributed by atoms with E-state index in [1.165, 1.54) is 12.0 Å². The van der Waals surface area contributed by atoms with E-state index < -0.39 is 6.09 Å². The molecule has 1 heterocycles. The highest BCUT2D eigenvalue weighted by atomic mass is 79.9. The highest BCUT2D eigenvalue weighted by molar-refractivity contribution is 9.10. The lowest BCUT2D eigenvalue weighted by atomic mass is 9.82. The van der Waals surface area contributed by atoms with Crippen molar-refractivity contribution in [1.82, 2.24) is 4.90 Å². The van der Waals surface area contributed by atoms with E-state index in [-0.39, 0.29) is 18.0 Å². The predicted octanol–water partition coefficient (Wildman–Crippen LogP) is 5.14. The van der Waals surface area contributed by atoms with Crippen LogP contribution in [0.25, 0.3) is 0 Å². The Morgan fingerprint density at radius 3 is 2.52 bits per heavy atom. The Bertz CT molecular complexity index is 1000. The molecule has 0 aromatic heterocycles. The molecule has 8 heteroatoms. The number of amides is 1. The molecule has 0 radical (unpaired) electrons. The number of benzene rings is 2. The zero-order chi connectivity index (χ0) is 23.4. The van der Waals surface area contributed by atoms with Crippen molar-refractivity contribution in [3.05, 3.63) is 57.6 Å². The number of hydrogen-bond acceptors (Lipinski definition) is 5. The van der Waals surface area contributed by atoms with Crippen LogP contribution in [0.3, 0.4) is 0 Å². The number of carboxylic acid groups (broad SMARTS) is 1. The summed E-state index contributed by atoms with van der Waals surface area (Å²) in [7, 11) is 1.43. The van der Waals surface area contributed by atoms with Crippen LogP contribution in [-0.2, 0) is 22.6 Å². The second-order valence-corrected chi connectivity index (χ2v) is 9.37. The number of rotatable bonds is 6. The first-order valence-electron chi connectivity index (χ1n) is 11.2. The van der Waals surface area contributed by atoms with Gasteiger partial charge in [0.1, 0.15) is 24.2 Å². The smallest absolute Gasteiger partial charge is 0.407 e. The highest BCUT2D eigenvalue weighted by Crippen LogP contribution is 2.40. The number of halogens is 1. The molecule has 0 bridgehead atoms. The van der Waals surface area contributed by atoms with Gasteiger partial charge in [0.15, 0.2) is 0 Å². The van der Waals surface area contributed by atoms with E-state index in [0.717, 1.165) is 51.9 Å². The van der Waals surface area contributed by atoms with Gasteiger partial charge in [0.2, 0.25) is 0 Å². The largest absolute Gasteiger partial charge is 0.490 e. The van der Waals surface area contributed by atoms with Crippen molar-refractivity contribution in [1.29, 1.82) is 0 Å². The molecule has 2 aromatic rings. The Kier molecular flexibility index (Phi) is 7.42. The van der Waals surface area contributed by atoms with Crippen molar-refractivity contribution < 1.29 is 28.9 Å². The molecular formula is C25H28BrNO6. The molecular weight excluding hydrogens is 490 g/mol. The number of methoxy groups -OCH3 is 1. The maximum Gasteiger partial charge on any atom is 0.407 e. The second-order valence-electron chi connectivity index (χ2n) is 8.46. The Labute approximate surface area is 201 Å². The number of likely N-dealkylation sites (tertiary alicyclic amines) is 1. The zero-order valence-corrected chi connectivity index (χ0v) is 20.2. The standard InChI is InChI=1S/C25H28BrNO6/c1-31-24(28)21-4-2-3-20-22(21)13-17(26)14-23(20)32-15-16-5-7-18(8-6-16)33-19-9-11-27(12-10-19)25(29)30/h5-8,13-14,19,21H,2-4,9-12,15H2,1H3,(H,29,30). The van der Waals surface area contributed by atoms with Crippen LogP contribution >= 0.6 is 15.9 Å². The molecule has 0 spiro atoms. The van der Waals surface area contributed by atoms with Crippen molar-refractivity contribution in [2.24, 2.45) is 0 Å². The quantitative estimate of drug-likeness (QED) is 0.533. The van der Waals surface area contributed by atoms with E-state index in [1.54, 1.807) is 0 Å². The number of nitrogens with zero attached hydrogens (tertiary/aromatic N) is 1. The number of piperidine rings is 1. The molecule has 7 nitrogen and oxygen atoms in total. The molecule has 1 aliphatic heterocycles. The minimum atomic E-state index is -0.870. The van der Waals surface area contributed by atoms with Gasteiger partial charge < -0.3 is 24.2 Å². The minimum absolute atomic E-state index is 0.0265. The van der Waals surface area contributed by atoms with Gasteiger partial charge in [0, 0.05) is 30.4 Å². The molecule has 1 amide bonds. The Balaban J connectivity index is 1.38. The van der Waals surface area contributed by atoms with Crippen LogP contribution in [0.4, 0.5) is 4.79 Å². The van der Waals surface area contributed by atoms with Crippen LogP contribution in [0.1, 0.15) is 48.3 Å². The molecule has 1 saturated heterocycles. The Morgan fingerprint density at radius 2 is 1.85 bits per heavy atom. The number of ether oxygens (including phenoxy) is 3. The molecule has 1 unspecified atom stereocenters. The first kappa shape index (κ1) is 23.4. The zero-order valence-electron chi connectivity index (χ0n) is 18.6. The molecule has 2 aliphatic rings. The van der Waals surface area contributed by atoms with Crippen LogP contribution in [0, 0.1) is 0 Å². The van der Waals surface area contributed by atoms with Crippen LogP contribution in [0.15, 0.2) is 40.9 Å². The first-order valence-corrected chi connectivity index (χ1v) is 12.0. The fraction of sp³-hybridized carbons (Fsp3) is 0.440. The summed E-state index contributed by atoms with van der Waals surface area (Å²) in [6.45, 7) is 1.41. The van der Waals surface area contributed by atoms with Gasteiger partial charge in [0.25, 0.3) is 0 Å². The number of carbonyl (C=O) groups excluding carboxylic acids is 1. The molecule has 1 N–H and O–H groups in total. The van der Waals surface area contributed by atoms with Gasteiger partial charge in [-0.05, 0) is 60.2 Å². The third kappa shape index (κ3) is 5.61. The average Bonchev–Trinajstić information content (AvgIpc) is 2.83. The molecule has 176 valence electrons. The van der Waals surface area contributed by atoms with Crippen molar-refractivity contribution in [3.8, 4) is 11.5 Å². The molecule has 4 rings (SSSR count). The van der Waals surface area contributed by atoms with Crippen molar-refractivity contribution in [2.75, 3.05) is 20.2 Å². The third-order valence-corrected chi connectivity index (χ3v) is 6.78. The Morgan fingerprint density at radius 1 is 1.12 bits per heavy atom. The van der Waals surface area contributed by atoms with Crippen LogP contribution < -0.4 is 9.47 Å². The van der Waals surface area contributed by atoms with E-state index in [4.69, 9.17) is 19.3 Å². The van der Waals surface area contributed by atoms with Crippen molar-refractivity contribution >= 4 is 28.0 Å². The summed E-state index contributed by atoms with van der Waals surface area (Å²) in [6.07, 6.45) is 3.12. The lowest BCUT2D eigenvalue weighted by Crippen LogP contribution is -2.41. The topological polar surface area (TPSA) is 85.3 Å². The SMILES string of the molecule is COC(=O)C1CCCc2c(OCc3ccc(OC4CCN(C(=O)O)CC4)cc3)cc(Br)cc21. The van der Waals surface area contributed by atoms with E-state index in [9.17, 15) is 9.59 Å². The summed E-state index contributed by atoms with van der Waals surface area (Å²) >= 11 is 3.55. The van der Waals surface area contributed by atoms with Gasteiger partial charge in [-0.1, -0.05) is 28.1 Å². The molecule has 33 heavy (non-hydrogen) atoms. The average molecular weight is 518 g/mol. The first-order chi connectivity index (χ1) is 15.9. The van der Waals surface area contributed by atoms with Gasteiger partial charge in [-0.15, -0.1) is 0 Å². The summed E-state index contributed by atoms with van der Waals surface area (Å²) in [5, 5.41) is 9.06. The monoisotopic (exact) mass is 517 g/mol. The van der Waals surface area contributed by atoms with Crippen molar-refractivity contribution in [3.63, 3.8) is 0 Å². The summed E-state index contributed by atoms with van der Waals surface area (Å²) in [4.78, 5) is 24.7. The van der Waals surface area contributed by atoms with Gasteiger partial charge >= 0.3 is 12.1 Å². The molecule has 1 aliphatic carbocycles. The summed E-state index contributed by atoms with van der Waals surface area (Å²) in [5.74, 6) is 1.10. The van der Waals surface area contributed by atoms with Crippen LogP contribution in [0.2, 0.25) is 0 Å².